The van der Waals surface area contributed by atoms with Crippen molar-refractivity contribution in [2.75, 3.05) is 50.1 Å². The Morgan fingerprint density at radius 3 is 2.41 bits per heavy atom. The zero-order chi connectivity index (χ0) is 28.4. The van der Waals surface area contributed by atoms with Crippen LogP contribution in [0.4, 0.5) is 33.5 Å². The standard InChI is InChI=1S/C23H28FN6O8P/c1-23(2)11-30(12-37-39(31,32)33)21-15(38-23)6-7-18(28-21)27-20-14(24)10-25-22(29-20)26-13-8-16(34-3)19(36-5)17(9-13)35-4/h6-10H,11-12H2,1-5H3,(H2,31,32,33)(H2,25,26,27,28,29). The van der Waals surface area contributed by atoms with Gasteiger partial charge in [-0.05, 0) is 26.0 Å². The summed E-state index contributed by atoms with van der Waals surface area (Å²) in [6.45, 7) is 3.41. The van der Waals surface area contributed by atoms with Crippen molar-refractivity contribution in [3.8, 4) is 23.0 Å². The summed E-state index contributed by atoms with van der Waals surface area (Å²) in [4.78, 5) is 32.4. The molecule has 210 valence electrons. The largest absolute Gasteiger partial charge is 0.493 e. The van der Waals surface area contributed by atoms with Crippen LogP contribution in [0.5, 0.6) is 23.0 Å². The van der Waals surface area contributed by atoms with Gasteiger partial charge in [-0.1, -0.05) is 0 Å². The summed E-state index contributed by atoms with van der Waals surface area (Å²) in [5.74, 6) is 1.14. The second-order valence-corrected chi connectivity index (χ2v) is 10.1. The van der Waals surface area contributed by atoms with E-state index < -0.39 is 26.0 Å². The molecule has 4 rings (SSSR count). The summed E-state index contributed by atoms with van der Waals surface area (Å²) in [6.07, 6.45) is 0.986. The number of pyridine rings is 1. The van der Waals surface area contributed by atoms with E-state index in [0.717, 1.165) is 6.20 Å². The molecule has 39 heavy (non-hydrogen) atoms. The van der Waals surface area contributed by atoms with Crippen molar-refractivity contribution < 1.29 is 42.2 Å². The number of nitrogens with one attached hydrogen (secondary N) is 2. The average molecular weight is 566 g/mol. The first-order valence-electron chi connectivity index (χ1n) is 11.4. The van der Waals surface area contributed by atoms with E-state index in [-0.39, 0.29) is 29.9 Å². The molecule has 0 radical (unpaired) electrons. The lowest BCUT2D eigenvalue weighted by atomic mass is 10.1. The SMILES string of the molecule is COc1cc(Nc2ncc(F)c(Nc3ccc4c(n3)N(COP(=O)(O)O)CC(C)(C)O4)n2)cc(OC)c1OC. The minimum absolute atomic E-state index is 0.0629. The number of methoxy groups -OCH3 is 3. The van der Waals surface area contributed by atoms with E-state index in [4.69, 9.17) is 28.7 Å². The van der Waals surface area contributed by atoms with E-state index >= 15 is 0 Å². The fourth-order valence-corrected chi connectivity index (χ4v) is 4.14. The van der Waals surface area contributed by atoms with Crippen molar-refractivity contribution in [1.82, 2.24) is 15.0 Å². The molecule has 4 N–H and O–H groups in total. The van der Waals surface area contributed by atoms with E-state index in [1.165, 1.54) is 26.2 Å². The number of anilines is 5. The first-order chi connectivity index (χ1) is 18.4. The van der Waals surface area contributed by atoms with E-state index in [0.29, 0.717) is 28.7 Å². The number of rotatable bonds is 10. The lowest BCUT2D eigenvalue weighted by Gasteiger charge is -2.39. The van der Waals surface area contributed by atoms with Gasteiger partial charge < -0.3 is 44.3 Å². The number of ether oxygens (including phenoxy) is 4. The van der Waals surface area contributed by atoms with E-state index in [2.05, 4.69) is 30.1 Å². The second-order valence-electron chi connectivity index (χ2n) is 8.88. The van der Waals surface area contributed by atoms with Gasteiger partial charge in [-0.3, -0.25) is 4.52 Å². The molecule has 0 amide bonds. The van der Waals surface area contributed by atoms with Crippen molar-refractivity contribution >= 4 is 36.9 Å². The molecule has 14 nitrogen and oxygen atoms in total. The van der Waals surface area contributed by atoms with Crippen molar-refractivity contribution in [3.05, 3.63) is 36.3 Å². The van der Waals surface area contributed by atoms with Gasteiger partial charge in [0.25, 0.3) is 0 Å². The summed E-state index contributed by atoms with van der Waals surface area (Å²) >= 11 is 0. The van der Waals surface area contributed by atoms with Crippen LogP contribution in [0.1, 0.15) is 13.8 Å². The van der Waals surface area contributed by atoms with Crippen LogP contribution in [-0.4, -0.2) is 64.9 Å². The van der Waals surface area contributed by atoms with Crippen molar-refractivity contribution in [3.63, 3.8) is 0 Å². The van der Waals surface area contributed by atoms with Gasteiger partial charge in [-0.25, -0.2) is 18.9 Å². The molecule has 1 aliphatic heterocycles. The highest BCUT2D eigenvalue weighted by molar-refractivity contribution is 7.46. The molecule has 16 heteroatoms. The molecular weight excluding hydrogens is 538 g/mol. The lowest BCUT2D eigenvalue weighted by molar-refractivity contribution is 0.0923. The Kier molecular flexibility index (Phi) is 7.97. The summed E-state index contributed by atoms with van der Waals surface area (Å²) < 4.78 is 52.5. The topological polar surface area (TPSA) is 170 Å². The van der Waals surface area contributed by atoms with Crippen molar-refractivity contribution in [2.45, 2.75) is 19.4 Å². The van der Waals surface area contributed by atoms with E-state index in [1.54, 1.807) is 24.3 Å². The second kappa shape index (κ2) is 11.1. The quantitative estimate of drug-likeness (QED) is 0.263. The predicted octanol–water partition coefficient (Wildman–Crippen LogP) is 3.57. The Labute approximate surface area is 223 Å². The van der Waals surface area contributed by atoms with Crippen LogP contribution in [0.15, 0.2) is 30.5 Å². The molecule has 0 unspecified atom stereocenters. The molecule has 2 aromatic heterocycles. The van der Waals surface area contributed by atoms with Crippen molar-refractivity contribution in [1.29, 1.82) is 0 Å². The van der Waals surface area contributed by atoms with Gasteiger partial charge in [-0.2, -0.15) is 4.98 Å². The van der Waals surface area contributed by atoms with Gasteiger partial charge >= 0.3 is 7.82 Å². The Morgan fingerprint density at radius 1 is 1.10 bits per heavy atom. The predicted molar refractivity (Wildman–Crippen MR) is 139 cm³/mol. The summed E-state index contributed by atoms with van der Waals surface area (Å²) in [5.41, 5.74) is -0.192. The maximum atomic E-state index is 14.7. The molecule has 3 aromatic rings. The van der Waals surface area contributed by atoms with Gasteiger partial charge in [0.1, 0.15) is 18.1 Å². The minimum Gasteiger partial charge on any atom is -0.493 e. The third-order valence-corrected chi connectivity index (χ3v) is 5.84. The molecule has 0 saturated carbocycles. The molecule has 0 fully saturated rings. The number of halogens is 1. The number of benzene rings is 1. The number of nitrogens with zero attached hydrogens (tertiary/aromatic N) is 4. The van der Waals surface area contributed by atoms with Crippen LogP contribution >= 0.6 is 7.82 Å². The Balaban J connectivity index is 1.59. The van der Waals surface area contributed by atoms with Gasteiger partial charge in [-0.15, -0.1) is 0 Å². The van der Waals surface area contributed by atoms with Gasteiger partial charge in [0.2, 0.25) is 11.7 Å². The number of aromatic nitrogens is 3. The monoisotopic (exact) mass is 566 g/mol. The first-order valence-corrected chi connectivity index (χ1v) is 13.0. The fourth-order valence-electron chi connectivity index (χ4n) is 3.85. The number of hydrogen-bond acceptors (Lipinski definition) is 12. The van der Waals surface area contributed by atoms with Crippen molar-refractivity contribution in [2.24, 2.45) is 0 Å². The Hall–Kier alpha value is -3.91. The molecule has 1 aliphatic rings. The van der Waals surface area contributed by atoms with Crippen LogP contribution in [0.25, 0.3) is 0 Å². The first kappa shape index (κ1) is 28.1. The number of fused-ring (bicyclic) bond motifs is 1. The summed E-state index contributed by atoms with van der Waals surface area (Å²) in [5, 5.41) is 5.77. The number of hydrogen-bond donors (Lipinski definition) is 4. The summed E-state index contributed by atoms with van der Waals surface area (Å²) in [6, 6.07) is 6.43. The average Bonchev–Trinajstić information content (AvgIpc) is 2.87. The molecule has 0 aliphatic carbocycles. The molecule has 0 atom stereocenters. The summed E-state index contributed by atoms with van der Waals surface area (Å²) in [7, 11) is -0.283. The van der Waals surface area contributed by atoms with Crippen LogP contribution in [0.3, 0.4) is 0 Å². The van der Waals surface area contributed by atoms with Crippen LogP contribution in [-0.2, 0) is 9.09 Å². The third kappa shape index (κ3) is 6.75. The molecular formula is C23H28FN6O8P. The molecule has 0 saturated heterocycles. The highest BCUT2D eigenvalue weighted by Gasteiger charge is 2.34. The Bertz CT molecular complexity index is 1380. The number of phosphoric ester groups is 1. The van der Waals surface area contributed by atoms with Gasteiger partial charge in [0.05, 0.1) is 34.1 Å². The minimum atomic E-state index is -4.73. The highest BCUT2D eigenvalue weighted by Crippen LogP contribution is 2.42. The maximum absolute atomic E-state index is 14.7. The molecule has 1 aromatic carbocycles. The Morgan fingerprint density at radius 2 is 1.79 bits per heavy atom. The molecule has 0 bridgehead atoms. The third-order valence-electron chi connectivity index (χ3n) is 5.39. The molecule has 3 heterocycles. The number of phosphoric acid groups is 1. The van der Waals surface area contributed by atoms with E-state index in [1.807, 2.05) is 13.8 Å². The lowest BCUT2D eigenvalue weighted by Crippen LogP contribution is -2.48. The molecule has 0 spiro atoms. The fraction of sp³-hybridized carbons (Fsp3) is 0.348. The highest BCUT2D eigenvalue weighted by atomic mass is 31.2. The van der Waals surface area contributed by atoms with E-state index in [9.17, 15) is 8.96 Å². The normalized spacial score (nSPS) is 14.2. The smallest absolute Gasteiger partial charge is 0.471 e. The zero-order valence-electron chi connectivity index (χ0n) is 21.8. The van der Waals surface area contributed by atoms with Gasteiger partial charge in [0, 0.05) is 17.8 Å². The maximum Gasteiger partial charge on any atom is 0.471 e. The van der Waals surface area contributed by atoms with Crippen LogP contribution < -0.4 is 34.5 Å². The zero-order valence-corrected chi connectivity index (χ0v) is 22.7. The van der Waals surface area contributed by atoms with Gasteiger partial charge in [0.15, 0.2) is 34.7 Å². The van der Waals surface area contributed by atoms with Crippen LogP contribution in [0.2, 0.25) is 0 Å². The van der Waals surface area contributed by atoms with Crippen LogP contribution in [0, 0.1) is 5.82 Å².